The molecule has 0 aromatic heterocycles. The Morgan fingerprint density at radius 3 is 2.24 bits per heavy atom. The maximum atomic E-state index is 12.6. The van der Waals surface area contributed by atoms with Gasteiger partial charge in [-0.05, 0) is 65.9 Å². The number of ether oxygens (including phenoxy) is 1. The molecule has 0 saturated carbocycles. The molecule has 0 radical (unpaired) electrons. The smallest absolute Gasteiger partial charge is 0.262 e. The molecule has 0 spiro atoms. The van der Waals surface area contributed by atoms with E-state index in [4.69, 9.17) is 16.3 Å². The Bertz CT molecular complexity index is 1250. The highest BCUT2D eigenvalue weighted by Gasteiger charge is 2.19. The van der Waals surface area contributed by atoms with Crippen molar-refractivity contribution >= 4 is 38.9 Å². The number of nitrogens with one attached hydrogen (secondary N) is 2. The van der Waals surface area contributed by atoms with Gasteiger partial charge in [0.2, 0.25) is 0 Å². The van der Waals surface area contributed by atoms with Crippen molar-refractivity contribution in [1.82, 2.24) is 0 Å². The van der Waals surface area contributed by atoms with E-state index in [1.54, 1.807) is 18.2 Å². The fraction of sp³-hybridized carbons (Fsp3) is 0.240. The number of carbonyl (C=O) groups is 1. The molecule has 0 fully saturated rings. The SMILES string of the molecule is Cc1ccc(NS(=O)(=O)c2ccc(NC(=O)COc3ccccc3C(C)(C)C)cc2)cc1Cl. The van der Waals surface area contributed by atoms with Gasteiger partial charge in [0.15, 0.2) is 6.61 Å². The Hall–Kier alpha value is -3.03. The van der Waals surface area contributed by atoms with Gasteiger partial charge in [0.05, 0.1) is 10.6 Å². The molecule has 0 aliphatic carbocycles. The van der Waals surface area contributed by atoms with Crippen LogP contribution in [0.3, 0.4) is 0 Å². The maximum absolute atomic E-state index is 12.6. The normalized spacial score (nSPS) is 11.7. The van der Waals surface area contributed by atoms with Gasteiger partial charge < -0.3 is 10.1 Å². The van der Waals surface area contributed by atoms with Crippen molar-refractivity contribution in [2.45, 2.75) is 38.0 Å². The summed E-state index contributed by atoms with van der Waals surface area (Å²) in [6.07, 6.45) is 0. The number of aryl methyl sites for hydroxylation is 1. The number of hydrogen-bond acceptors (Lipinski definition) is 4. The molecule has 3 aromatic carbocycles. The number of carbonyl (C=O) groups excluding carboxylic acids is 1. The topological polar surface area (TPSA) is 84.5 Å². The Kier molecular flexibility index (Phi) is 7.34. The quantitative estimate of drug-likeness (QED) is 0.444. The van der Waals surface area contributed by atoms with Crippen LogP contribution in [0.2, 0.25) is 5.02 Å². The second-order valence-corrected chi connectivity index (χ2v) is 10.8. The standard InChI is InChI=1S/C25H27ClN2O4S/c1-17-9-10-19(15-22(17)26)28-33(30,31)20-13-11-18(12-14-20)27-24(29)16-32-23-8-6-5-7-21(23)25(2,3)4/h5-15,28H,16H2,1-4H3,(H,27,29). The van der Waals surface area contributed by atoms with E-state index in [-0.39, 0.29) is 22.8 Å². The molecule has 0 unspecified atom stereocenters. The van der Waals surface area contributed by atoms with E-state index in [0.29, 0.717) is 22.1 Å². The average Bonchev–Trinajstić information content (AvgIpc) is 2.74. The first-order chi connectivity index (χ1) is 15.5. The minimum atomic E-state index is -3.80. The van der Waals surface area contributed by atoms with Crippen LogP contribution in [-0.2, 0) is 20.2 Å². The molecular weight excluding hydrogens is 460 g/mol. The summed E-state index contributed by atoms with van der Waals surface area (Å²) in [7, 11) is -3.80. The second kappa shape index (κ2) is 9.85. The third kappa shape index (κ3) is 6.49. The fourth-order valence-corrected chi connectivity index (χ4v) is 4.37. The first kappa shape index (κ1) is 24.6. The monoisotopic (exact) mass is 486 g/mol. The highest BCUT2D eigenvalue weighted by Crippen LogP contribution is 2.31. The summed E-state index contributed by atoms with van der Waals surface area (Å²) in [6, 6.07) is 18.4. The van der Waals surface area contributed by atoms with Crippen LogP contribution in [0.1, 0.15) is 31.9 Å². The van der Waals surface area contributed by atoms with Crippen molar-refractivity contribution in [3.05, 3.63) is 82.9 Å². The van der Waals surface area contributed by atoms with Crippen LogP contribution in [0.4, 0.5) is 11.4 Å². The van der Waals surface area contributed by atoms with Crippen molar-refractivity contribution in [1.29, 1.82) is 0 Å². The predicted octanol–water partition coefficient (Wildman–Crippen LogP) is 5.76. The lowest BCUT2D eigenvalue weighted by Crippen LogP contribution is -2.22. The van der Waals surface area contributed by atoms with Crippen LogP contribution in [-0.4, -0.2) is 20.9 Å². The number of para-hydroxylation sites is 1. The number of hydrogen-bond donors (Lipinski definition) is 2. The van der Waals surface area contributed by atoms with Gasteiger partial charge in [-0.25, -0.2) is 8.42 Å². The first-order valence-electron chi connectivity index (χ1n) is 10.4. The number of anilines is 2. The van der Waals surface area contributed by atoms with E-state index >= 15 is 0 Å². The summed E-state index contributed by atoms with van der Waals surface area (Å²) in [5.41, 5.74) is 2.58. The van der Waals surface area contributed by atoms with Crippen molar-refractivity contribution in [3.8, 4) is 5.75 Å². The third-order valence-electron chi connectivity index (χ3n) is 4.93. The van der Waals surface area contributed by atoms with E-state index < -0.39 is 10.0 Å². The maximum Gasteiger partial charge on any atom is 0.262 e. The predicted molar refractivity (Wildman–Crippen MR) is 133 cm³/mol. The van der Waals surface area contributed by atoms with E-state index in [2.05, 4.69) is 30.8 Å². The molecule has 2 N–H and O–H groups in total. The molecular formula is C25H27ClN2O4S. The van der Waals surface area contributed by atoms with Gasteiger partial charge in [-0.3, -0.25) is 9.52 Å². The molecule has 3 aromatic rings. The summed E-state index contributed by atoms with van der Waals surface area (Å²) >= 11 is 6.07. The van der Waals surface area contributed by atoms with Gasteiger partial charge in [0.25, 0.3) is 15.9 Å². The van der Waals surface area contributed by atoms with Gasteiger partial charge >= 0.3 is 0 Å². The van der Waals surface area contributed by atoms with Crippen LogP contribution < -0.4 is 14.8 Å². The van der Waals surface area contributed by atoms with Crippen molar-refractivity contribution in [2.75, 3.05) is 16.6 Å². The highest BCUT2D eigenvalue weighted by atomic mass is 35.5. The number of rotatable bonds is 7. The van der Waals surface area contributed by atoms with Gasteiger partial charge in [-0.15, -0.1) is 0 Å². The van der Waals surface area contributed by atoms with Crippen LogP contribution in [0, 0.1) is 6.92 Å². The molecule has 174 valence electrons. The van der Waals surface area contributed by atoms with E-state index in [9.17, 15) is 13.2 Å². The van der Waals surface area contributed by atoms with Gasteiger partial charge in [-0.1, -0.05) is 56.6 Å². The zero-order valence-electron chi connectivity index (χ0n) is 19.0. The summed E-state index contributed by atoms with van der Waals surface area (Å²) < 4.78 is 33.5. The molecule has 0 bridgehead atoms. The molecule has 1 amide bonds. The first-order valence-corrected chi connectivity index (χ1v) is 12.2. The zero-order valence-corrected chi connectivity index (χ0v) is 20.5. The Labute approximate surface area is 200 Å². The van der Waals surface area contributed by atoms with Crippen molar-refractivity contribution < 1.29 is 17.9 Å². The number of halogens is 1. The molecule has 0 saturated heterocycles. The van der Waals surface area contributed by atoms with E-state index in [0.717, 1.165) is 11.1 Å². The molecule has 0 aliphatic heterocycles. The fourth-order valence-electron chi connectivity index (χ4n) is 3.14. The lowest BCUT2D eigenvalue weighted by Gasteiger charge is -2.22. The Balaban J connectivity index is 1.62. The number of benzene rings is 3. The molecule has 33 heavy (non-hydrogen) atoms. The summed E-state index contributed by atoms with van der Waals surface area (Å²) in [4.78, 5) is 12.4. The average molecular weight is 487 g/mol. The molecule has 6 nitrogen and oxygen atoms in total. The summed E-state index contributed by atoms with van der Waals surface area (Å²) in [5, 5.41) is 3.19. The van der Waals surface area contributed by atoms with Gasteiger partial charge in [0, 0.05) is 10.7 Å². The minimum absolute atomic E-state index is 0.0625. The van der Waals surface area contributed by atoms with E-state index in [1.165, 1.54) is 24.3 Å². The number of amides is 1. The van der Waals surface area contributed by atoms with Crippen LogP contribution in [0.15, 0.2) is 71.6 Å². The van der Waals surface area contributed by atoms with Crippen LogP contribution in [0.5, 0.6) is 5.75 Å². The van der Waals surface area contributed by atoms with Gasteiger partial charge in [0.1, 0.15) is 5.75 Å². The lowest BCUT2D eigenvalue weighted by atomic mass is 9.86. The zero-order chi connectivity index (χ0) is 24.2. The largest absolute Gasteiger partial charge is 0.483 e. The molecule has 3 rings (SSSR count). The van der Waals surface area contributed by atoms with Crippen molar-refractivity contribution in [3.63, 3.8) is 0 Å². The molecule has 8 heteroatoms. The van der Waals surface area contributed by atoms with Crippen LogP contribution in [0.25, 0.3) is 0 Å². The highest BCUT2D eigenvalue weighted by molar-refractivity contribution is 7.92. The van der Waals surface area contributed by atoms with Gasteiger partial charge in [-0.2, -0.15) is 0 Å². The third-order valence-corrected chi connectivity index (χ3v) is 6.73. The minimum Gasteiger partial charge on any atom is -0.483 e. The Morgan fingerprint density at radius 1 is 0.970 bits per heavy atom. The lowest BCUT2D eigenvalue weighted by molar-refractivity contribution is -0.118. The molecule has 0 atom stereocenters. The second-order valence-electron chi connectivity index (χ2n) is 8.68. The molecule has 0 aliphatic rings. The molecule has 0 heterocycles. The summed E-state index contributed by atoms with van der Waals surface area (Å²) in [5.74, 6) is 0.311. The summed E-state index contributed by atoms with van der Waals surface area (Å²) in [6.45, 7) is 7.90. The van der Waals surface area contributed by atoms with Crippen LogP contribution >= 0.6 is 11.6 Å². The van der Waals surface area contributed by atoms with E-state index in [1.807, 2.05) is 31.2 Å². The Morgan fingerprint density at radius 2 is 1.61 bits per heavy atom. The van der Waals surface area contributed by atoms with Crippen molar-refractivity contribution in [2.24, 2.45) is 0 Å². The number of sulfonamides is 1.